The molecule has 0 spiro atoms. The Labute approximate surface area is 109 Å². The van der Waals surface area contributed by atoms with E-state index in [2.05, 4.69) is 40.0 Å². The summed E-state index contributed by atoms with van der Waals surface area (Å²) >= 11 is 0. The first kappa shape index (κ1) is 13.1. The van der Waals surface area contributed by atoms with Crippen LogP contribution in [0.2, 0.25) is 0 Å². The molecule has 1 aromatic heterocycles. The summed E-state index contributed by atoms with van der Waals surface area (Å²) in [7, 11) is 0. The Hall–Kier alpha value is -1.35. The van der Waals surface area contributed by atoms with Crippen LogP contribution in [0, 0.1) is 6.92 Å². The molecule has 18 heavy (non-hydrogen) atoms. The molecule has 0 unspecified atom stereocenters. The van der Waals surface area contributed by atoms with E-state index in [1.54, 1.807) is 0 Å². The van der Waals surface area contributed by atoms with Crippen molar-refractivity contribution in [2.75, 3.05) is 13.1 Å². The molecule has 1 aliphatic rings. The molecule has 1 aliphatic heterocycles. The second kappa shape index (κ2) is 6.01. The van der Waals surface area contributed by atoms with Gasteiger partial charge in [-0.3, -0.25) is 0 Å². The number of aryl methyl sites for hydroxylation is 1. The van der Waals surface area contributed by atoms with Crippen molar-refractivity contribution in [2.45, 2.75) is 39.7 Å². The molecular formula is C15H23N3. The molecule has 1 aromatic carbocycles. The molecule has 0 radical (unpaired) electrons. The summed E-state index contributed by atoms with van der Waals surface area (Å²) in [5.74, 6) is 0. The van der Waals surface area contributed by atoms with Crippen LogP contribution in [0.15, 0.2) is 24.5 Å². The summed E-state index contributed by atoms with van der Waals surface area (Å²) < 4.78 is 2.33. The van der Waals surface area contributed by atoms with Crippen LogP contribution in [0.1, 0.15) is 38.3 Å². The molecule has 1 atom stereocenters. The van der Waals surface area contributed by atoms with Crippen molar-refractivity contribution in [1.29, 1.82) is 0 Å². The third-order valence-corrected chi connectivity index (χ3v) is 3.39. The van der Waals surface area contributed by atoms with Crippen LogP contribution in [-0.2, 0) is 0 Å². The van der Waals surface area contributed by atoms with Crippen molar-refractivity contribution in [3.8, 4) is 0 Å². The van der Waals surface area contributed by atoms with Gasteiger partial charge in [-0.05, 0) is 44.0 Å². The normalized spacial score (nSPS) is 19.4. The minimum atomic E-state index is 0.570. The minimum Gasteiger partial charge on any atom is -0.326 e. The highest BCUT2D eigenvalue weighted by atomic mass is 15.1. The summed E-state index contributed by atoms with van der Waals surface area (Å²) in [6.45, 7) is 8.36. The highest BCUT2D eigenvalue weighted by Gasteiger charge is 2.16. The fraction of sp³-hybridized carbons (Fsp3) is 0.533. The Morgan fingerprint density at radius 2 is 2.17 bits per heavy atom. The average molecular weight is 245 g/mol. The number of imidazole rings is 1. The maximum absolute atomic E-state index is 4.47. The van der Waals surface area contributed by atoms with Gasteiger partial charge in [0.2, 0.25) is 0 Å². The molecule has 3 nitrogen and oxygen atoms in total. The topological polar surface area (TPSA) is 29.9 Å². The molecule has 3 heteroatoms. The predicted molar refractivity (Wildman–Crippen MR) is 77.0 cm³/mol. The first-order chi connectivity index (χ1) is 8.84. The molecule has 0 bridgehead atoms. The molecule has 1 fully saturated rings. The summed E-state index contributed by atoms with van der Waals surface area (Å²) in [5.41, 5.74) is 3.68. The van der Waals surface area contributed by atoms with Gasteiger partial charge in [-0.1, -0.05) is 19.9 Å². The van der Waals surface area contributed by atoms with Gasteiger partial charge in [-0.2, -0.15) is 0 Å². The molecule has 98 valence electrons. The van der Waals surface area contributed by atoms with Crippen molar-refractivity contribution in [3.05, 3.63) is 30.1 Å². The van der Waals surface area contributed by atoms with Crippen LogP contribution in [0.3, 0.4) is 0 Å². The Balaban J connectivity index is 0.000000574. The Bertz CT molecular complexity index is 495. The van der Waals surface area contributed by atoms with E-state index in [1.165, 1.54) is 23.9 Å². The zero-order chi connectivity index (χ0) is 13.0. The van der Waals surface area contributed by atoms with Gasteiger partial charge < -0.3 is 9.88 Å². The molecule has 2 heterocycles. The minimum absolute atomic E-state index is 0.570. The number of rotatable bonds is 1. The van der Waals surface area contributed by atoms with Crippen LogP contribution >= 0.6 is 0 Å². The van der Waals surface area contributed by atoms with E-state index < -0.39 is 0 Å². The van der Waals surface area contributed by atoms with Crippen LogP contribution < -0.4 is 5.32 Å². The molecule has 3 rings (SSSR count). The van der Waals surface area contributed by atoms with Gasteiger partial charge in [-0.25, -0.2) is 4.98 Å². The predicted octanol–water partition coefficient (Wildman–Crippen LogP) is 3.30. The highest BCUT2D eigenvalue weighted by Crippen LogP contribution is 2.23. The number of benzene rings is 1. The van der Waals surface area contributed by atoms with E-state index in [9.17, 15) is 0 Å². The van der Waals surface area contributed by atoms with Gasteiger partial charge in [0.25, 0.3) is 0 Å². The van der Waals surface area contributed by atoms with Gasteiger partial charge >= 0.3 is 0 Å². The van der Waals surface area contributed by atoms with E-state index >= 15 is 0 Å². The zero-order valence-corrected chi connectivity index (χ0v) is 11.6. The lowest BCUT2D eigenvalue weighted by atomic mass is 10.1. The van der Waals surface area contributed by atoms with Crippen molar-refractivity contribution in [1.82, 2.24) is 14.9 Å². The maximum atomic E-state index is 4.47. The number of aromatic nitrogens is 2. The molecule has 1 N–H and O–H groups in total. The number of piperidine rings is 1. The third kappa shape index (κ3) is 2.56. The van der Waals surface area contributed by atoms with Crippen LogP contribution in [0.5, 0.6) is 0 Å². The summed E-state index contributed by atoms with van der Waals surface area (Å²) in [5, 5.41) is 3.45. The lowest BCUT2D eigenvalue weighted by Gasteiger charge is -2.24. The Morgan fingerprint density at radius 1 is 1.33 bits per heavy atom. The van der Waals surface area contributed by atoms with Crippen molar-refractivity contribution in [2.24, 2.45) is 0 Å². The first-order valence-corrected chi connectivity index (χ1v) is 6.98. The highest BCUT2D eigenvalue weighted by molar-refractivity contribution is 5.76. The smallest absolute Gasteiger partial charge is 0.0961 e. The SMILES string of the molecule is CC.Cc1ccc2ncn([C@H]3CCCNC3)c2c1. The number of nitrogens with zero attached hydrogens (tertiary/aromatic N) is 2. The van der Waals surface area contributed by atoms with E-state index in [-0.39, 0.29) is 0 Å². The van der Waals surface area contributed by atoms with E-state index in [0.29, 0.717) is 6.04 Å². The van der Waals surface area contributed by atoms with Gasteiger partial charge in [0.15, 0.2) is 0 Å². The lowest BCUT2D eigenvalue weighted by Crippen LogP contribution is -2.31. The Kier molecular flexibility index (Phi) is 4.37. The van der Waals surface area contributed by atoms with E-state index in [4.69, 9.17) is 0 Å². The molecule has 0 aliphatic carbocycles. The largest absolute Gasteiger partial charge is 0.326 e. The Morgan fingerprint density at radius 3 is 2.89 bits per heavy atom. The van der Waals surface area contributed by atoms with Gasteiger partial charge in [0.1, 0.15) is 0 Å². The fourth-order valence-corrected chi connectivity index (χ4v) is 2.50. The third-order valence-electron chi connectivity index (χ3n) is 3.39. The lowest BCUT2D eigenvalue weighted by molar-refractivity contribution is 0.378. The van der Waals surface area contributed by atoms with Crippen molar-refractivity contribution < 1.29 is 0 Å². The standard InChI is InChI=1S/C13H17N3.C2H6/c1-10-4-5-12-13(7-10)16(9-15-12)11-3-2-6-14-8-11;1-2/h4-5,7,9,11,14H,2-3,6,8H2,1H3;1-2H3/t11-;/m0./s1. The first-order valence-electron chi connectivity index (χ1n) is 6.98. The van der Waals surface area contributed by atoms with Gasteiger partial charge in [0, 0.05) is 12.6 Å². The van der Waals surface area contributed by atoms with Crippen LogP contribution in [-0.4, -0.2) is 22.6 Å². The van der Waals surface area contributed by atoms with Crippen LogP contribution in [0.4, 0.5) is 0 Å². The van der Waals surface area contributed by atoms with Gasteiger partial charge in [-0.15, -0.1) is 0 Å². The molecule has 1 saturated heterocycles. The quantitative estimate of drug-likeness (QED) is 0.835. The summed E-state index contributed by atoms with van der Waals surface area (Å²) in [6, 6.07) is 7.04. The second-order valence-corrected chi connectivity index (χ2v) is 4.64. The monoisotopic (exact) mass is 245 g/mol. The molecule has 2 aromatic rings. The van der Waals surface area contributed by atoms with E-state index in [1.807, 2.05) is 20.2 Å². The fourth-order valence-electron chi connectivity index (χ4n) is 2.50. The second-order valence-electron chi connectivity index (χ2n) is 4.64. The van der Waals surface area contributed by atoms with E-state index in [0.717, 1.165) is 18.6 Å². The number of hydrogen-bond acceptors (Lipinski definition) is 2. The summed E-state index contributed by atoms with van der Waals surface area (Å²) in [4.78, 5) is 4.47. The maximum Gasteiger partial charge on any atom is 0.0961 e. The van der Waals surface area contributed by atoms with Crippen molar-refractivity contribution in [3.63, 3.8) is 0 Å². The average Bonchev–Trinajstić information content (AvgIpc) is 2.85. The molecular weight excluding hydrogens is 222 g/mol. The number of hydrogen-bond donors (Lipinski definition) is 1. The van der Waals surface area contributed by atoms with Crippen molar-refractivity contribution >= 4 is 11.0 Å². The number of fused-ring (bicyclic) bond motifs is 1. The van der Waals surface area contributed by atoms with Crippen LogP contribution in [0.25, 0.3) is 11.0 Å². The molecule has 0 saturated carbocycles. The zero-order valence-electron chi connectivity index (χ0n) is 11.6. The summed E-state index contributed by atoms with van der Waals surface area (Å²) in [6.07, 6.45) is 4.50. The molecule has 0 amide bonds. The number of nitrogens with one attached hydrogen (secondary N) is 1. The van der Waals surface area contributed by atoms with Gasteiger partial charge in [0.05, 0.1) is 17.4 Å².